The molecule has 6 atom stereocenters. The molecule has 1 radical (unpaired) electrons. The van der Waals surface area contributed by atoms with Crippen LogP contribution in [0, 0.1) is 35.5 Å². The van der Waals surface area contributed by atoms with Gasteiger partial charge in [0, 0.05) is 32.2 Å². The summed E-state index contributed by atoms with van der Waals surface area (Å²) in [4.78, 5) is 8.54. The van der Waals surface area contributed by atoms with Crippen molar-refractivity contribution in [2.24, 2.45) is 35.5 Å². The number of aromatic nitrogens is 2. The number of hydrogen-bond donors (Lipinski definition) is 2. The summed E-state index contributed by atoms with van der Waals surface area (Å²) in [5.41, 5.74) is 2.41. The van der Waals surface area contributed by atoms with Crippen molar-refractivity contribution >= 4 is 11.1 Å². The average Bonchev–Trinajstić information content (AvgIpc) is 3.18. The molecule has 5 nitrogen and oxygen atoms in total. The van der Waals surface area contributed by atoms with Gasteiger partial charge in [-0.25, -0.2) is 4.98 Å². The van der Waals surface area contributed by atoms with Gasteiger partial charge >= 0.3 is 0 Å². The van der Waals surface area contributed by atoms with E-state index in [9.17, 15) is 10.2 Å². The molecular formula is C29H40IrN2O3. The van der Waals surface area contributed by atoms with E-state index < -0.39 is 0 Å². The van der Waals surface area contributed by atoms with Crippen LogP contribution in [0.1, 0.15) is 59.8 Å². The molecule has 6 heteroatoms. The monoisotopic (exact) mass is 657 g/mol. The van der Waals surface area contributed by atoms with Gasteiger partial charge in [0.1, 0.15) is 11.2 Å². The first-order valence-corrected chi connectivity index (χ1v) is 13.0. The number of rotatable bonds is 3. The number of hydrogen-bond acceptors (Lipinski definition) is 5. The van der Waals surface area contributed by atoms with E-state index in [1.54, 1.807) is 6.20 Å². The number of aliphatic hydroxyl groups excluding tert-OH is 2. The fourth-order valence-electron chi connectivity index (χ4n) is 6.15. The van der Waals surface area contributed by atoms with E-state index in [-0.39, 0.29) is 38.2 Å². The molecule has 0 amide bonds. The van der Waals surface area contributed by atoms with Crippen LogP contribution in [0.25, 0.3) is 22.7 Å². The van der Waals surface area contributed by atoms with Gasteiger partial charge in [-0.05, 0) is 79.5 Å². The van der Waals surface area contributed by atoms with E-state index in [1.165, 1.54) is 19.3 Å². The molecule has 0 saturated heterocycles. The number of oxazole rings is 1. The quantitative estimate of drug-likeness (QED) is 0.344. The maximum atomic E-state index is 10.8. The molecule has 193 valence electrons. The minimum atomic E-state index is -0.302. The minimum Gasteiger partial charge on any atom is -0.435 e. The smallest absolute Gasteiger partial charge is 0.246 e. The molecule has 1 aromatic carbocycles. The fraction of sp³-hybridized carbons (Fsp3) is 0.586. The Bertz CT molecular complexity index is 1010. The van der Waals surface area contributed by atoms with Gasteiger partial charge in [-0.1, -0.05) is 52.3 Å². The third kappa shape index (κ3) is 6.40. The van der Waals surface area contributed by atoms with Crippen molar-refractivity contribution in [2.75, 3.05) is 0 Å². The van der Waals surface area contributed by atoms with Gasteiger partial charge in [0.15, 0.2) is 5.58 Å². The van der Waals surface area contributed by atoms with Crippen molar-refractivity contribution in [3.63, 3.8) is 0 Å². The summed E-state index contributed by atoms with van der Waals surface area (Å²) in [6.45, 7) is 8.83. The first-order valence-electron chi connectivity index (χ1n) is 13.0. The largest absolute Gasteiger partial charge is 0.435 e. The van der Waals surface area contributed by atoms with Crippen LogP contribution < -0.4 is 0 Å². The molecule has 35 heavy (non-hydrogen) atoms. The SMILES string of the molecule is CC(C)[C@H]1CCCC2CC[C@@H](C(C)C)C(O)C2C1O.[Ir].c1ccc(-c2nc3ccccc3o2)nc1. The predicted octanol–water partition coefficient (Wildman–Crippen LogP) is 6.35. The molecule has 4 unspecified atom stereocenters. The molecule has 2 aliphatic rings. The number of pyridine rings is 1. The molecule has 2 aliphatic carbocycles. The zero-order valence-electron chi connectivity index (χ0n) is 21.3. The molecule has 5 rings (SSSR count). The van der Waals surface area contributed by atoms with Crippen LogP contribution in [0.2, 0.25) is 0 Å². The van der Waals surface area contributed by atoms with E-state index in [0.717, 1.165) is 29.6 Å². The summed E-state index contributed by atoms with van der Waals surface area (Å²) in [6.07, 6.45) is 7.02. The van der Waals surface area contributed by atoms with Crippen molar-refractivity contribution in [3.05, 3.63) is 48.7 Å². The minimum absolute atomic E-state index is 0. The first-order chi connectivity index (χ1) is 16.4. The number of nitrogens with zero attached hydrogens (tertiary/aromatic N) is 2. The molecule has 2 aromatic heterocycles. The van der Waals surface area contributed by atoms with Crippen molar-refractivity contribution < 1.29 is 34.7 Å². The molecule has 2 fully saturated rings. The van der Waals surface area contributed by atoms with Gasteiger partial charge in [-0.2, -0.15) is 0 Å². The number of para-hydroxylation sites is 2. The Kier molecular flexibility index (Phi) is 10.1. The second-order valence-electron chi connectivity index (χ2n) is 10.8. The maximum absolute atomic E-state index is 10.8. The van der Waals surface area contributed by atoms with Crippen LogP contribution in [0.4, 0.5) is 0 Å². The van der Waals surface area contributed by atoms with Gasteiger partial charge in [-0.3, -0.25) is 4.98 Å². The Morgan fingerprint density at radius 3 is 2.11 bits per heavy atom. The zero-order valence-corrected chi connectivity index (χ0v) is 23.7. The summed E-state index contributed by atoms with van der Waals surface area (Å²) in [5, 5.41) is 21.6. The zero-order chi connectivity index (χ0) is 24.2. The van der Waals surface area contributed by atoms with E-state index in [0.29, 0.717) is 35.5 Å². The third-order valence-corrected chi connectivity index (χ3v) is 8.08. The van der Waals surface area contributed by atoms with Crippen molar-refractivity contribution in [3.8, 4) is 11.6 Å². The van der Waals surface area contributed by atoms with Crippen LogP contribution in [-0.4, -0.2) is 32.4 Å². The van der Waals surface area contributed by atoms with Crippen molar-refractivity contribution in [2.45, 2.75) is 72.0 Å². The molecule has 0 aliphatic heterocycles. The number of fused-ring (bicyclic) bond motifs is 2. The van der Waals surface area contributed by atoms with Gasteiger partial charge < -0.3 is 14.6 Å². The Balaban J connectivity index is 0.000000194. The Hall–Kier alpha value is -1.59. The summed E-state index contributed by atoms with van der Waals surface area (Å²) in [5.74, 6) is 3.01. The van der Waals surface area contributed by atoms with E-state index in [2.05, 4.69) is 37.7 Å². The van der Waals surface area contributed by atoms with Gasteiger partial charge in [-0.15, -0.1) is 0 Å². The van der Waals surface area contributed by atoms with Crippen LogP contribution >= 0.6 is 0 Å². The summed E-state index contributed by atoms with van der Waals surface area (Å²) < 4.78 is 5.58. The average molecular weight is 657 g/mol. The van der Waals surface area contributed by atoms with Crippen molar-refractivity contribution in [1.82, 2.24) is 9.97 Å². The molecule has 2 heterocycles. The van der Waals surface area contributed by atoms with E-state index in [1.807, 2.05) is 42.5 Å². The van der Waals surface area contributed by atoms with Crippen LogP contribution in [0.3, 0.4) is 0 Å². The number of benzene rings is 1. The summed E-state index contributed by atoms with van der Waals surface area (Å²) in [7, 11) is 0. The molecule has 0 bridgehead atoms. The predicted molar refractivity (Wildman–Crippen MR) is 136 cm³/mol. The molecule has 2 saturated carbocycles. The molecule has 0 spiro atoms. The third-order valence-electron chi connectivity index (χ3n) is 8.08. The van der Waals surface area contributed by atoms with Crippen LogP contribution in [0.5, 0.6) is 0 Å². The molecule has 3 aromatic rings. The fourth-order valence-corrected chi connectivity index (χ4v) is 6.15. The Morgan fingerprint density at radius 1 is 0.829 bits per heavy atom. The number of aliphatic hydroxyl groups is 2. The Labute approximate surface area is 223 Å². The second kappa shape index (κ2) is 12.6. The maximum Gasteiger partial charge on any atom is 0.246 e. The normalized spacial score (nSPS) is 28.6. The summed E-state index contributed by atoms with van der Waals surface area (Å²) >= 11 is 0. The first kappa shape index (κ1) is 28.0. The van der Waals surface area contributed by atoms with Gasteiger partial charge in [0.2, 0.25) is 5.89 Å². The molecule has 2 N–H and O–H groups in total. The summed E-state index contributed by atoms with van der Waals surface area (Å²) in [6, 6.07) is 13.3. The standard InChI is InChI=1S/C17H32O2.C12H8N2O.Ir/c1-10(2)13-7-5-6-12-8-9-14(11(3)4)17(19)15(12)16(13)18;1-2-7-11-9(5-1)14-12(15-11)10-6-3-4-8-13-10;/h10-19H,5-9H2,1-4H3;1-8H;/t12?,13-,14+,15?,16?,17?;;/m1../s1. The van der Waals surface area contributed by atoms with Crippen LogP contribution in [-0.2, 0) is 20.1 Å². The molecular weight excluding hydrogens is 617 g/mol. The Morgan fingerprint density at radius 2 is 1.49 bits per heavy atom. The topological polar surface area (TPSA) is 79.4 Å². The van der Waals surface area contributed by atoms with Gasteiger partial charge in [0.05, 0.1) is 12.2 Å². The van der Waals surface area contributed by atoms with E-state index in [4.69, 9.17) is 4.42 Å². The van der Waals surface area contributed by atoms with Crippen LogP contribution in [0.15, 0.2) is 53.1 Å². The van der Waals surface area contributed by atoms with Crippen molar-refractivity contribution in [1.29, 1.82) is 0 Å². The van der Waals surface area contributed by atoms with E-state index >= 15 is 0 Å². The second-order valence-corrected chi connectivity index (χ2v) is 10.8. The van der Waals surface area contributed by atoms with Gasteiger partial charge in [0.25, 0.3) is 0 Å².